The van der Waals surface area contributed by atoms with Gasteiger partial charge in [0.15, 0.2) is 17.2 Å². The SMILES string of the molecule is CCOC(=O)c1nn(-c2ccccc2)c2c1CN(C(=O)Cc1ccc(OC)c(OC)c1)CC2. The van der Waals surface area contributed by atoms with E-state index in [1.807, 2.05) is 42.5 Å². The number of rotatable bonds is 7. The Hall–Kier alpha value is -3.81. The Morgan fingerprint density at radius 3 is 2.48 bits per heavy atom. The van der Waals surface area contributed by atoms with E-state index in [9.17, 15) is 9.59 Å². The third-order valence-corrected chi connectivity index (χ3v) is 5.68. The summed E-state index contributed by atoms with van der Waals surface area (Å²) in [5, 5.41) is 4.57. The van der Waals surface area contributed by atoms with E-state index in [1.165, 1.54) is 0 Å². The topological polar surface area (TPSA) is 82.9 Å². The minimum absolute atomic E-state index is 0.0323. The molecule has 2 aromatic carbocycles. The van der Waals surface area contributed by atoms with Crippen molar-refractivity contribution in [1.82, 2.24) is 14.7 Å². The molecule has 0 aliphatic carbocycles. The maximum absolute atomic E-state index is 13.1. The highest BCUT2D eigenvalue weighted by atomic mass is 16.5. The number of esters is 1. The Morgan fingerprint density at radius 1 is 1.03 bits per heavy atom. The van der Waals surface area contributed by atoms with E-state index in [2.05, 4.69) is 5.10 Å². The average Bonchev–Trinajstić information content (AvgIpc) is 3.23. The van der Waals surface area contributed by atoms with Gasteiger partial charge in [0.1, 0.15) is 0 Å². The fourth-order valence-electron chi connectivity index (χ4n) is 4.06. The van der Waals surface area contributed by atoms with Crippen LogP contribution in [-0.2, 0) is 28.9 Å². The Balaban J connectivity index is 1.60. The first-order valence-electron chi connectivity index (χ1n) is 10.9. The zero-order valence-electron chi connectivity index (χ0n) is 19.0. The van der Waals surface area contributed by atoms with Crippen molar-refractivity contribution in [3.05, 3.63) is 71.0 Å². The molecule has 0 radical (unpaired) electrons. The molecule has 172 valence electrons. The summed E-state index contributed by atoms with van der Waals surface area (Å²) in [7, 11) is 3.14. The van der Waals surface area contributed by atoms with Gasteiger partial charge in [0.25, 0.3) is 0 Å². The highest BCUT2D eigenvalue weighted by molar-refractivity contribution is 5.90. The maximum Gasteiger partial charge on any atom is 0.359 e. The fraction of sp³-hybridized carbons (Fsp3) is 0.320. The molecule has 0 saturated carbocycles. The van der Waals surface area contributed by atoms with Crippen molar-refractivity contribution < 1.29 is 23.8 Å². The molecule has 8 nitrogen and oxygen atoms in total. The van der Waals surface area contributed by atoms with Crippen LogP contribution < -0.4 is 9.47 Å². The molecule has 1 aliphatic heterocycles. The second-order valence-electron chi connectivity index (χ2n) is 7.67. The number of amides is 1. The third kappa shape index (κ3) is 4.55. The molecule has 1 aromatic heterocycles. The maximum atomic E-state index is 13.1. The molecule has 3 aromatic rings. The number of benzene rings is 2. The molecule has 1 amide bonds. The van der Waals surface area contributed by atoms with E-state index >= 15 is 0 Å². The standard InChI is InChI=1S/C25H27N3O5/c1-4-33-25(30)24-19-16-27(13-12-20(19)28(26-24)18-8-6-5-7-9-18)23(29)15-17-10-11-21(31-2)22(14-17)32-3/h5-11,14H,4,12-13,15-16H2,1-3H3. The predicted octanol–water partition coefficient (Wildman–Crippen LogP) is 3.19. The van der Waals surface area contributed by atoms with Gasteiger partial charge in [-0.2, -0.15) is 5.10 Å². The van der Waals surface area contributed by atoms with Gasteiger partial charge in [-0.3, -0.25) is 4.79 Å². The number of nitrogens with zero attached hydrogens (tertiary/aromatic N) is 3. The summed E-state index contributed by atoms with van der Waals surface area (Å²) in [4.78, 5) is 27.5. The van der Waals surface area contributed by atoms with Crippen molar-refractivity contribution in [3.63, 3.8) is 0 Å². The van der Waals surface area contributed by atoms with E-state index in [0.29, 0.717) is 31.0 Å². The lowest BCUT2D eigenvalue weighted by molar-refractivity contribution is -0.131. The minimum Gasteiger partial charge on any atom is -0.493 e. The van der Waals surface area contributed by atoms with Gasteiger partial charge in [0, 0.05) is 25.1 Å². The number of aromatic nitrogens is 2. The first-order chi connectivity index (χ1) is 16.0. The highest BCUT2D eigenvalue weighted by Crippen LogP contribution is 2.29. The van der Waals surface area contributed by atoms with E-state index in [4.69, 9.17) is 14.2 Å². The summed E-state index contributed by atoms with van der Waals surface area (Å²) in [6.07, 6.45) is 0.811. The molecule has 1 aliphatic rings. The molecule has 0 unspecified atom stereocenters. The monoisotopic (exact) mass is 449 g/mol. The quantitative estimate of drug-likeness (QED) is 0.515. The van der Waals surface area contributed by atoms with E-state index < -0.39 is 5.97 Å². The van der Waals surface area contributed by atoms with Crippen molar-refractivity contribution in [2.45, 2.75) is 26.3 Å². The van der Waals surface area contributed by atoms with Crippen LogP contribution in [0.1, 0.15) is 34.2 Å². The van der Waals surface area contributed by atoms with Gasteiger partial charge in [-0.1, -0.05) is 24.3 Å². The van der Waals surface area contributed by atoms with Crippen LogP contribution in [0.5, 0.6) is 11.5 Å². The van der Waals surface area contributed by atoms with Gasteiger partial charge in [0.2, 0.25) is 5.91 Å². The Kier molecular flexibility index (Phi) is 6.63. The normalized spacial score (nSPS) is 12.8. The Bertz CT molecular complexity index is 1160. The average molecular weight is 450 g/mol. The molecule has 0 fully saturated rings. The second-order valence-corrected chi connectivity index (χ2v) is 7.67. The summed E-state index contributed by atoms with van der Waals surface area (Å²) < 4.78 is 17.6. The van der Waals surface area contributed by atoms with Gasteiger partial charge < -0.3 is 19.1 Å². The van der Waals surface area contributed by atoms with Gasteiger partial charge in [0.05, 0.1) is 38.6 Å². The van der Waals surface area contributed by atoms with Gasteiger partial charge in [-0.25, -0.2) is 9.48 Å². The number of para-hydroxylation sites is 1. The third-order valence-electron chi connectivity index (χ3n) is 5.68. The molecule has 8 heteroatoms. The second kappa shape index (κ2) is 9.77. The molecule has 4 rings (SSSR count). The lowest BCUT2D eigenvalue weighted by atomic mass is 10.0. The largest absolute Gasteiger partial charge is 0.493 e. The molecule has 0 saturated heterocycles. The van der Waals surface area contributed by atoms with Crippen molar-refractivity contribution in [3.8, 4) is 17.2 Å². The molecule has 0 atom stereocenters. The fourth-order valence-corrected chi connectivity index (χ4v) is 4.06. The summed E-state index contributed by atoms with van der Waals surface area (Å²) in [5.41, 5.74) is 3.63. The lowest BCUT2D eigenvalue weighted by Gasteiger charge is -2.28. The molecular weight excluding hydrogens is 422 g/mol. The summed E-state index contributed by atoms with van der Waals surface area (Å²) in [6, 6.07) is 15.1. The van der Waals surface area contributed by atoms with Crippen LogP contribution in [0, 0.1) is 0 Å². The van der Waals surface area contributed by atoms with Crippen LogP contribution in [0.3, 0.4) is 0 Å². The number of fused-ring (bicyclic) bond motifs is 1. The first-order valence-corrected chi connectivity index (χ1v) is 10.9. The number of methoxy groups -OCH3 is 2. The van der Waals surface area contributed by atoms with Crippen molar-refractivity contribution >= 4 is 11.9 Å². The summed E-state index contributed by atoms with van der Waals surface area (Å²) in [5.74, 6) is 0.689. The summed E-state index contributed by atoms with van der Waals surface area (Å²) >= 11 is 0. The Morgan fingerprint density at radius 2 is 1.79 bits per heavy atom. The zero-order valence-corrected chi connectivity index (χ0v) is 19.0. The van der Waals surface area contributed by atoms with Crippen molar-refractivity contribution in [1.29, 1.82) is 0 Å². The van der Waals surface area contributed by atoms with Gasteiger partial charge in [-0.15, -0.1) is 0 Å². The van der Waals surface area contributed by atoms with Crippen LogP contribution in [0.25, 0.3) is 5.69 Å². The first kappa shape index (κ1) is 22.4. The number of carbonyl (C=O) groups excluding carboxylic acids is 2. The predicted molar refractivity (Wildman–Crippen MR) is 122 cm³/mol. The van der Waals surface area contributed by atoms with Crippen molar-refractivity contribution in [2.24, 2.45) is 0 Å². The van der Waals surface area contributed by atoms with Crippen LogP contribution >= 0.6 is 0 Å². The molecule has 0 N–H and O–H groups in total. The van der Waals surface area contributed by atoms with Gasteiger partial charge in [-0.05, 0) is 36.8 Å². The number of hydrogen-bond acceptors (Lipinski definition) is 6. The molecule has 0 spiro atoms. The highest BCUT2D eigenvalue weighted by Gasteiger charge is 2.31. The minimum atomic E-state index is -0.474. The molecular formula is C25H27N3O5. The zero-order chi connectivity index (χ0) is 23.4. The number of carbonyl (C=O) groups is 2. The van der Waals surface area contributed by atoms with Crippen LogP contribution in [0.15, 0.2) is 48.5 Å². The number of hydrogen-bond donors (Lipinski definition) is 0. The molecule has 0 bridgehead atoms. The van der Waals surface area contributed by atoms with E-state index in [-0.39, 0.29) is 24.6 Å². The van der Waals surface area contributed by atoms with Gasteiger partial charge >= 0.3 is 5.97 Å². The Labute approximate surface area is 192 Å². The van der Waals surface area contributed by atoms with E-state index in [1.54, 1.807) is 36.8 Å². The molecule has 33 heavy (non-hydrogen) atoms. The summed E-state index contributed by atoms with van der Waals surface area (Å²) in [6.45, 7) is 2.87. The lowest BCUT2D eigenvalue weighted by Crippen LogP contribution is -2.37. The van der Waals surface area contributed by atoms with E-state index in [0.717, 1.165) is 22.5 Å². The van der Waals surface area contributed by atoms with Crippen LogP contribution in [-0.4, -0.2) is 53.9 Å². The smallest absolute Gasteiger partial charge is 0.359 e. The number of ether oxygens (including phenoxy) is 3. The molecule has 2 heterocycles. The van der Waals surface area contributed by atoms with Crippen molar-refractivity contribution in [2.75, 3.05) is 27.4 Å². The van der Waals surface area contributed by atoms with Crippen LogP contribution in [0.2, 0.25) is 0 Å². The van der Waals surface area contributed by atoms with Crippen LogP contribution in [0.4, 0.5) is 0 Å².